The lowest BCUT2D eigenvalue weighted by molar-refractivity contribution is -0.123. The van der Waals surface area contributed by atoms with Gasteiger partial charge in [-0.25, -0.2) is 9.97 Å². The normalized spacial score (nSPS) is 20.4. The monoisotopic (exact) mass is 614 g/mol. The van der Waals surface area contributed by atoms with Gasteiger partial charge in [-0.2, -0.15) is 0 Å². The zero-order valence-electron chi connectivity index (χ0n) is 25.4. The molecule has 0 aliphatic carbocycles. The van der Waals surface area contributed by atoms with Crippen LogP contribution in [0.5, 0.6) is 0 Å². The summed E-state index contributed by atoms with van der Waals surface area (Å²) < 4.78 is 5.94. The Hall–Kier alpha value is -4.35. The third kappa shape index (κ3) is 7.78. The van der Waals surface area contributed by atoms with Gasteiger partial charge in [0.15, 0.2) is 5.69 Å². The van der Waals surface area contributed by atoms with Crippen molar-refractivity contribution in [2.24, 2.45) is 5.92 Å². The number of benzene rings is 2. The zero-order chi connectivity index (χ0) is 31.2. The van der Waals surface area contributed by atoms with Gasteiger partial charge in [0, 0.05) is 24.5 Å². The molecule has 2 aromatic heterocycles. The lowest BCUT2D eigenvalue weighted by Crippen LogP contribution is -2.48. The summed E-state index contributed by atoms with van der Waals surface area (Å²) >= 11 is 1.31. The summed E-state index contributed by atoms with van der Waals surface area (Å²) in [5.74, 6) is -0.363. The molecule has 0 spiro atoms. The van der Waals surface area contributed by atoms with Crippen LogP contribution in [0.15, 0.2) is 70.5 Å². The predicted molar refractivity (Wildman–Crippen MR) is 168 cm³/mol. The van der Waals surface area contributed by atoms with Gasteiger partial charge in [-0.3, -0.25) is 19.3 Å². The number of oxazole rings is 1. The van der Waals surface area contributed by atoms with Crippen molar-refractivity contribution >= 4 is 29.1 Å². The molecule has 3 atom stereocenters. The van der Waals surface area contributed by atoms with Crippen LogP contribution in [0.3, 0.4) is 0 Å². The average Bonchev–Trinajstić information content (AvgIpc) is 3.64. The number of rotatable bonds is 5. The first kappa shape index (κ1) is 31.1. The van der Waals surface area contributed by atoms with E-state index in [4.69, 9.17) is 4.42 Å². The van der Waals surface area contributed by atoms with E-state index < -0.39 is 18.0 Å². The molecular weight excluding hydrogens is 576 g/mol. The van der Waals surface area contributed by atoms with Crippen molar-refractivity contribution in [1.82, 2.24) is 30.8 Å². The minimum Gasteiger partial charge on any atom is -0.443 e. The average molecular weight is 615 g/mol. The van der Waals surface area contributed by atoms with Crippen molar-refractivity contribution in [3.63, 3.8) is 0 Å². The number of hydrogen-bond acceptors (Lipinski definition) is 8. The van der Waals surface area contributed by atoms with Crippen LogP contribution in [-0.2, 0) is 17.8 Å². The number of amides is 3. The SMILES string of the molecule is Cc1oc2nc1C(=O)N[C@H](C)c1nc(cs1)C(=O)N[C@H](Cc1ccccc1)CN(Cc1ccccc1)CC(=O)N[C@H]2C(C)C. The Bertz CT molecular complexity index is 1590. The maximum absolute atomic E-state index is 13.6. The van der Waals surface area contributed by atoms with Crippen molar-refractivity contribution < 1.29 is 18.8 Å². The maximum atomic E-state index is 13.6. The van der Waals surface area contributed by atoms with Gasteiger partial charge < -0.3 is 20.4 Å². The molecule has 1 aliphatic rings. The molecule has 3 amide bonds. The van der Waals surface area contributed by atoms with Gasteiger partial charge in [0.05, 0.1) is 12.6 Å². The second-order valence-electron chi connectivity index (χ2n) is 11.5. The van der Waals surface area contributed by atoms with Crippen molar-refractivity contribution in [3.8, 4) is 0 Å². The van der Waals surface area contributed by atoms with Crippen LogP contribution >= 0.6 is 11.3 Å². The highest BCUT2D eigenvalue weighted by Gasteiger charge is 2.29. The molecule has 4 aromatic rings. The highest BCUT2D eigenvalue weighted by molar-refractivity contribution is 7.09. The third-order valence-electron chi connectivity index (χ3n) is 7.50. The number of nitrogens with one attached hydrogen (secondary N) is 3. The van der Waals surface area contributed by atoms with Gasteiger partial charge in [0.25, 0.3) is 11.8 Å². The molecule has 2 aromatic carbocycles. The molecule has 0 saturated heterocycles. The number of fused-ring (bicyclic) bond motifs is 4. The van der Waals surface area contributed by atoms with E-state index in [1.165, 1.54) is 11.3 Å². The van der Waals surface area contributed by atoms with Crippen LogP contribution < -0.4 is 16.0 Å². The molecule has 0 unspecified atom stereocenters. The van der Waals surface area contributed by atoms with Crippen molar-refractivity contribution in [1.29, 1.82) is 0 Å². The minimum absolute atomic E-state index is 0.0566. The smallest absolute Gasteiger partial charge is 0.274 e. The summed E-state index contributed by atoms with van der Waals surface area (Å²) in [6.45, 7) is 8.41. The number of aromatic nitrogens is 2. The molecule has 3 N–H and O–H groups in total. The van der Waals surface area contributed by atoms with E-state index in [0.717, 1.165) is 11.1 Å². The number of carbonyl (C=O) groups is 3. The first-order valence-corrected chi connectivity index (χ1v) is 15.7. The largest absolute Gasteiger partial charge is 0.443 e. The van der Waals surface area contributed by atoms with Gasteiger partial charge >= 0.3 is 0 Å². The summed E-state index contributed by atoms with van der Waals surface area (Å²) in [5, 5.41) is 11.5. The molecule has 230 valence electrons. The Morgan fingerprint density at radius 3 is 2.30 bits per heavy atom. The van der Waals surface area contributed by atoms with Crippen molar-refractivity contribution in [2.75, 3.05) is 13.1 Å². The Morgan fingerprint density at radius 1 is 0.932 bits per heavy atom. The fourth-order valence-electron chi connectivity index (χ4n) is 5.27. The maximum Gasteiger partial charge on any atom is 0.274 e. The van der Waals surface area contributed by atoms with Gasteiger partial charge in [-0.05, 0) is 37.3 Å². The second kappa shape index (κ2) is 14.0. The van der Waals surface area contributed by atoms with E-state index in [1.54, 1.807) is 12.3 Å². The zero-order valence-corrected chi connectivity index (χ0v) is 26.2. The molecular formula is C33H38N6O4S. The highest BCUT2D eigenvalue weighted by atomic mass is 32.1. The molecule has 10 nitrogen and oxygen atoms in total. The van der Waals surface area contributed by atoms with Gasteiger partial charge in [-0.15, -0.1) is 11.3 Å². The van der Waals surface area contributed by atoms with E-state index in [1.807, 2.05) is 86.3 Å². The van der Waals surface area contributed by atoms with Gasteiger partial charge in [0.2, 0.25) is 11.8 Å². The molecule has 11 heteroatoms. The van der Waals surface area contributed by atoms with E-state index in [9.17, 15) is 14.4 Å². The number of nitrogens with zero attached hydrogens (tertiary/aromatic N) is 3. The summed E-state index contributed by atoms with van der Waals surface area (Å²) in [7, 11) is 0. The summed E-state index contributed by atoms with van der Waals surface area (Å²) in [6, 6.07) is 18.5. The first-order chi connectivity index (χ1) is 21.2. The molecule has 0 fully saturated rings. The number of thiazole rings is 1. The van der Waals surface area contributed by atoms with Crippen LogP contribution in [0.2, 0.25) is 0 Å². The van der Waals surface area contributed by atoms with Gasteiger partial charge in [-0.1, -0.05) is 74.5 Å². The van der Waals surface area contributed by atoms with Crippen LogP contribution in [0, 0.1) is 12.8 Å². The Balaban J connectivity index is 1.51. The summed E-state index contributed by atoms with van der Waals surface area (Å²) in [6.07, 6.45) is 0.565. The number of carbonyl (C=O) groups excluding carboxylic acids is 3. The Morgan fingerprint density at radius 2 is 1.61 bits per heavy atom. The molecule has 44 heavy (non-hydrogen) atoms. The molecule has 0 saturated carbocycles. The lowest BCUT2D eigenvalue weighted by Gasteiger charge is -2.29. The molecule has 4 bridgehead atoms. The predicted octanol–water partition coefficient (Wildman–Crippen LogP) is 4.60. The van der Waals surface area contributed by atoms with Crippen molar-refractivity contribution in [2.45, 2.75) is 58.8 Å². The quantitative estimate of drug-likeness (QED) is 0.300. The lowest BCUT2D eigenvalue weighted by atomic mass is 10.0. The molecule has 1 aliphatic heterocycles. The van der Waals surface area contributed by atoms with Gasteiger partial charge in [0.1, 0.15) is 22.5 Å². The van der Waals surface area contributed by atoms with E-state index in [0.29, 0.717) is 30.3 Å². The van der Waals surface area contributed by atoms with Crippen LogP contribution in [0.4, 0.5) is 0 Å². The highest BCUT2D eigenvalue weighted by Crippen LogP contribution is 2.25. The van der Waals surface area contributed by atoms with E-state index in [-0.39, 0.29) is 47.6 Å². The molecule has 0 radical (unpaired) electrons. The second-order valence-corrected chi connectivity index (χ2v) is 12.4. The Labute approximate surface area is 261 Å². The minimum atomic E-state index is -0.543. The topological polar surface area (TPSA) is 129 Å². The van der Waals surface area contributed by atoms with Crippen LogP contribution in [-0.4, -0.2) is 51.7 Å². The fourth-order valence-corrected chi connectivity index (χ4v) is 6.08. The standard InChI is InChI=1S/C33H38N6O4S/c1-20(2)28-32-38-29(22(4)43-32)31(42)34-21(3)33-36-26(19-44-33)30(41)35-25(15-23-11-7-5-8-12-23)17-39(18-27(40)37-28)16-24-13-9-6-10-14-24/h5-14,19-21,25,28H,15-18H2,1-4H3,(H,34,42)(H,35,41)(H,37,40)/t21-,25-,28+/m1/s1. The summed E-state index contributed by atoms with van der Waals surface area (Å²) in [4.78, 5) is 51.4. The number of aryl methyl sites for hydroxylation is 1. The van der Waals surface area contributed by atoms with E-state index in [2.05, 4.69) is 25.9 Å². The number of hydrogen-bond donors (Lipinski definition) is 3. The first-order valence-electron chi connectivity index (χ1n) is 14.8. The van der Waals surface area contributed by atoms with Crippen molar-refractivity contribution in [3.05, 3.63) is 105 Å². The summed E-state index contributed by atoms with van der Waals surface area (Å²) in [5.41, 5.74) is 2.54. The third-order valence-corrected chi connectivity index (χ3v) is 8.53. The van der Waals surface area contributed by atoms with Crippen LogP contribution in [0.1, 0.15) is 81.6 Å². The molecule has 3 heterocycles. The van der Waals surface area contributed by atoms with Crippen LogP contribution in [0.25, 0.3) is 0 Å². The Kier molecular flexibility index (Phi) is 9.86. The fraction of sp³-hybridized carbons (Fsp3) is 0.364. The molecule has 5 rings (SSSR count). The van der Waals surface area contributed by atoms with E-state index >= 15 is 0 Å².